The Morgan fingerprint density at radius 3 is 3.09 bits per heavy atom. The van der Waals surface area contributed by atoms with Gasteiger partial charge in [-0.05, 0) is 6.92 Å². The lowest BCUT2D eigenvalue weighted by atomic mass is 10.6. The molecule has 5 heteroatoms. The van der Waals surface area contributed by atoms with Crippen molar-refractivity contribution in [2.45, 2.75) is 12.1 Å². The number of hydrogen-bond donors (Lipinski definition) is 1. The lowest BCUT2D eigenvalue weighted by Crippen LogP contribution is -2.12. The van der Waals surface area contributed by atoms with Gasteiger partial charge in [-0.25, -0.2) is 4.98 Å². The first-order chi connectivity index (χ1) is 5.18. The first kappa shape index (κ1) is 8.13. The number of primary amides is 1. The van der Waals surface area contributed by atoms with Crippen LogP contribution in [0.2, 0.25) is 0 Å². The van der Waals surface area contributed by atoms with E-state index in [1.54, 1.807) is 0 Å². The van der Waals surface area contributed by atoms with Crippen LogP contribution >= 0.6 is 11.8 Å². The highest BCUT2D eigenvalue weighted by Crippen LogP contribution is 2.15. The molecule has 1 aromatic heterocycles. The van der Waals surface area contributed by atoms with Crippen molar-refractivity contribution >= 4 is 17.7 Å². The van der Waals surface area contributed by atoms with Crippen molar-refractivity contribution in [3.05, 3.63) is 12.0 Å². The number of thioether (sulfide) groups is 1. The molecule has 0 aliphatic heterocycles. The Morgan fingerprint density at radius 2 is 2.64 bits per heavy atom. The average Bonchev–Trinajstić information content (AvgIpc) is 2.31. The monoisotopic (exact) mass is 172 g/mol. The van der Waals surface area contributed by atoms with Crippen molar-refractivity contribution in [3.8, 4) is 0 Å². The fourth-order valence-corrected chi connectivity index (χ4v) is 1.12. The van der Waals surface area contributed by atoms with Gasteiger partial charge in [0.25, 0.3) is 5.22 Å². The number of nitrogens with zero attached hydrogens (tertiary/aromatic N) is 1. The standard InChI is InChI=1S/C6H8N2O2S/c1-4-2-10-6(8-4)11-3-5(7)9/h2H,3H2,1H3,(H2,7,9). The molecule has 1 amide bonds. The Kier molecular flexibility index (Phi) is 2.53. The van der Waals surface area contributed by atoms with Gasteiger partial charge in [0.05, 0.1) is 11.4 Å². The molecule has 0 unspecified atom stereocenters. The number of aryl methyl sites for hydroxylation is 1. The number of carbonyl (C=O) groups is 1. The minimum absolute atomic E-state index is 0.208. The van der Waals surface area contributed by atoms with Gasteiger partial charge < -0.3 is 10.2 Å². The number of carbonyl (C=O) groups excluding carboxylic acids is 1. The molecule has 1 rings (SSSR count). The number of hydrogen-bond acceptors (Lipinski definition) is 4. The van der Waals surface area contributed by atoms with Gasteiger partial charge in [0.1, 0.15) is 6.26 Å². The molecule has 4 nitrogen and oxygen atoms in total. The minimum atomic E-state index is -0.370. The van der Waals surface area contributed by atoms with Crippen LogP contribution in [0.4, 0.5) is 0 Å². The van der Waals surface area contributed by atoms with E-state index in [9.17, 15) is 4.79 Å². The Morgan fingerprint density at radius 1 is 1.91 bits per heavy atom. The highest BCUT2D eigenvalue weighted by atomic mass is 32.2. The molecule has 0 bridgehead atoms. The summed E-state index contributed by atoms with van der Waals surface area (Å²) in [5.74, 6) is -0.161. The number of amides is 1. The highest BCUT2D eigenvalue weighted by Gasteiger charge is 2.02. The molecule has 0 aromatic carbocycles. The summed E-state index contributed by atoms with van der Waals surface area (Å²) in [5, 5.41) is 0.487. The maximum absolute atomic E-state index is 10.3. The third-order valence-corrected chi connectivity index (χ3v) is 1.80. The molecule has 1 heterocycles. The topological polar surface area (TPSA) is 69.1 Å². The fourth-order valence-electron chi connectivity index (χ4n) is 0.532. The van der Waals surface area contributed by atoms with Gasteiger partial charge in [-0.1, -0.05) is 11.8 Å². The Hall–Kier alpha value is -0.970. The SMILES string of the molecule is Cc1coc(SCC(N)=O)n1. The van der Waals surface area contributed by atoms with Crippen LogP contribution in [0.15, 0.2) is 15.9 Å². The first-order valence-electron chi connectivity index (χ1n) is 3.01. The first-order valence-corrected chi connectivity index (χ1v) is 4.00. The van der Waals surface area contributed by atoms with E-state index in [1.807, 2.05) is 6.92 Å². The summed E-state index contributed by atoms with van der Waals surface area (Å²) in [4.78, 5) is 14.3. The van der Waals surface area contributed by atoms with E-state index in [2.05, 4.69) is 4.98 Å². The van der Waals surface area contributed by atoms with Crippen molar-refractivity contribution in [1.82, 2.24) is 4.98 Å². The zero-order valence-electron chi connectivity index (χ0n) is 6.03. The van der Waals surface area contributed by atoms with E-state index in [-0.39, 0.29) is 11.7 Å². The number of aromatic nitrogens is 1. The Balaban J connectivity index is 2.45. The molecular formula is C6H8N2O2S. The summed E-state index contributed by atoms with van der Waals surface area (Å²) in [6.07, 6.45) is 1.53. The second-order valence-corrected chi connectivity index (χ2v) is 2.94. The van der Waals surface area contributed by atoms with Crippen LogP contribution in [0.25, 0.3) is 0 Å². The quantitative estimate of drug-likeness (QED) is 0.676. The lowest BCUT2D eigenvalue weighted by Gasteiger charge is -1.88. The molecule has 0 saturated heterocycles. The molecule has 11 heavy (non-hydrogen) atoms. The predicted octanol–water partition coefficient (Wildman–Crippen LogP) is 0.560. The molecular weight excluding hydrogens is 164 g/mol. The fraction of sp³-hybridized carbons (Fsp3) is 0.333. The second kappa shape index (κ2) is 3.43. The summed E-state index contributed by atoms with van der Waals surface area (Å²) in [6, 6.07) is 0. The second-order valence-electron chi connectivity index (χ2n) is 2.01. The molecule has 60 valence electrons. The highest BCUT2D eigenvalue weighted by molar-refractivity contribution is 7.99. The molecule has 0 aliphatic carbocycles. The van der Waals surface area contributed by atoms with Gasteiger partial charge in [0.2, 0.25) is 5.91 Å². The zero-order valence-corrected chi connectivity index (χ0v) is 6.85. The van der Waals surface area contributed by atoms with Crippen LogP contribution in [0.1, 0.15) is 5.69 Å². The van der Waals surface area contributed by atoms with Crippen LogP contribution in [0.5, 0.6) is 0 Å². The van der Waals surface area contributed by atoms with E-state index in [1.165, 1.54) is 18.0 Å². The van der Waals surface area contributed by atoms with Gasteiger partial charge in [-0.15, -0.1) is 0 Å². The molecule has 0 aliphatic rings. The van der Waals surface area contributed by atoms with Crippen molar-refractivity contribution in [3.63, 3.8) is 0 Å². The smallest absolute Gasteiger partial charge is 0.256 e. The molecule has 0 fully saturated rings. The predicted molar refractivity (Wildman–Crippen MR) is 41.2 cm³/mol. The van der Waals surface area contributed by atoms with Gasteiger partial charge in [0, 0.05) is 0 Å². The molecule has 0 spiro atoms. The van der Waals surface area contributed by atoms with Gasteiger partial charge in [0.15, 0.2) is 0 Å². The Bertz CT molecular complexity index is 259. The third-order valence-electron chi connectivity index (χ3n) is 0.936. The van der Waals surface area contributed by atoms with E-state index in [4.69, 9.17) is 10.2 Å². The van der Waals surface area contributed by atoms with E-state index in [0.29, 0.717) is 5.22 Å². The zero-order chi connectivity index (χ0) is 8.27. The number of rotatable bonds is 3. The van der Waals surface area contributed by atoms with Crippen LogP contribution in [0, 0.1) is 6.92 Å². The van der Waals surface area contributed by atoms with Crippen LogP contribution in [-0.2, 0) is 4.79 Å². The molecule has 0 atom stereocenters. The maximum atomic E-state index is 10.3. The van der Waals surface area contributed by atoms with E-state index in [0.717, 1.165) is 5.69 Å². The van der Waals surface area contributed by atoms with Crippen LogP contribution < -0.4 is 5.73 Å². The minimum Gasteiger partial charge on any atom is -0.440 e. The molecule has 2 N–H and O–H groups in total. The van der Waals surface area contributed by atoms with Crippen molar-refractivity contribution in [1.29, 1.82) is 0 Å². The normalized spacial score (nSPS) is 9.91. The van der Waals surface area contributed by atoms with Crippen LogP contribution in [-0.4, -0.2) is 16.6 Å². The Labute approximate surface area is 68.2 Å². The van der Waals surface area contributed by atoms with Crippen molar-refractivity contribution in [2.24, 2.45) is 5.73 Å². The summed E-state index contributed by atoms with van der Waals surface area (Å²) >= 11 is 1.20. The largest absolute Gasteiger partial charge is 0.440 e. The number of oxazole rings is 1. The van der Waals surface area contributed by atoms with Crippen molar-refractivity contribution in [2.75, 3.05) is 5.75 Å². The molecule has 1 aromatic rings. The van der Waals surface area contributed by atoms with Crippen LogP contribution in [0.3, 0.4) is 0 Å². The van der Waals surface area contributed by atoms with Crippen molar-refractivity contribution < 1.29 is 9.21 Å². The van der Waals surface area contributed by atoms with E-state index >= 15 is 0 Å². The maximum Gasteiger partial charge on any atom is 0.256 e. The summed E-state index contributed by atoms with van der Waals surface area (Å²) in [5.41, 5.74) is 5.72. The summed E-state index contributed by atoms with van der Waals surface area (Å²) in [6.45, 7) is 1.82. The summed E-state index contributed by atoms with van der Waals surface area (Å²) in [7, 11) is 0. The molecule has 0 radical (unpaired) electrons. The third kappa shape index (κ3) is 2.63. The average molecular weight is 172 g/mol. The van der Waals surface area contributed by atoms with Gasteiger partial charge >= 0.3 is 0 Å². The van der Waals surface area contributed by atoms with Gasteiger partial charge in [-0.2, -0.15) is 0 Å². The number of nitrogens with two attached hydrogens (primary N) is 1. The van der Waals surface area contributed by atoms with Gasteiger partial charge in [-0.3, -0.25) is 4.79 Å². The lowest BCUT2D eigenvalue weighted by molar-refractivity contribution is -0.115. The molecule has 0 saturated carbocycles. The summed E-state index contributed by atoms with van der Waals surface area (Å²) < 4.78 is 4.96. The van der Waals surface area contributed by atoms with E-state index < -0.39 is 0 Å².